The van der Waals surface area contributed by atoms with Crippen LogP contribution >= 0.6 is 11.3 Å². The first-order chi connectivity index (χ1) is 12.7. The molecule has 2 aromatic heterocycles. The number of amides is 1. The molecule has 0 aliphatic carbocycles. The quantitative estimate of drug-likeness (QED) is 0.505. The van der Waals surface area contributed by atoms with Crippen molar-refractivity contribution in [1.29, 1.82) is 0 Å². The number of aromatic nitrogens is 2. The van der Waals surface area contributed by atoms with Crippen LogP contribution in [-0.2, 0) is 0 Å². The Kier molecular flexibility index (Phi) is 4.51. The second kappa shape index (κ2) is 7.11. The Labute approximate surface area is 154 Å². The normalized spacial score (nSPS) is 12.2. The lowest BCUT2D eigenvalue weighted by molar-refractivity contribution is 0.0918. The lowest BCUT2D eigenvalue weighted by atomic mass is 10.1. The summed E-state index contributed by atoms with van der Waals surface area (Å²) in [5.41, 5.74) is 2.01. The van der Waals surface area contributed by atoms with Gasteiger partial charge >= 0.3 is 0 Å². The minimum absolute atomic E-state index is 0.144. The highest BCUT2D eigenvalue weighted by atomic mass is 32.1. The van der Waals surface area contributed by atoms with E-state index in [1.807, 2.05) is 60.7 Å². The Hall–Kier alpha value is -2.96. The molecule has 0 aliphatic heterocycles. The molecule has 0 aliphatic rings. The summed E-state index contributed by atoms with van der Waals surface area (Å²) < 4.78 is 1.12. The highest BCUT2D eigenvalue weighted by Gasteiger charge is 2.17. The number of aliphatic hydroxyl groups is 1. The number of carbonyl (C=O) groups is 1. The number of rotatable bonds is 5. The monoisotopic (exact) mass is 363 g/mol. The predicted octanol–water partition coefficient (Wildman–Crippen LogP) is 3.75. The van der Waals surface area contributed by atoms with Crippen molar-refractivity contribution < 1.29 is 9.90 Å². The molecule has 0 fully saturated rings. The fourth-order valence-electron chi connectivity index (χ4n) is 2.83. The molecule has 4 aromatic rings. The van der Waals surface area contributed by atoms with Gasteiger partial charge in [-0.25, -0.2) is 0 Å². The molecule has 3 N–H and O–H groups in total. The number of carbonyl (C=O) groups excluding carboxylic acids is 1. The third-order valence-electron chi connectivity index (χ3n) is 4.18. The number of H-pyrrole nitrogens is 1. The van der Waals surface area contributed by atoms with Gasteiger partial charge in [0.25, 0.3) is 5.91 Å². The van der Waals surface area contributed by atoms with E-state index in [1.54, 1.807) is 0 Å². The summed E-state index contributed by atoms with van der Waals surface area (Å²) in [6.45, 7) is 0.144. The summed E-state index contributed by atoms with van der Waals surface area (Å²) in [7, 11) is 0. The van der Waals surface area contributed by atoms with E-state index in [1.165, 1.54) is 17.5 Å². The highest BCUT2D eigenvalue weighted by Crippen LogP contribution is 2.29. The summed E-state index contributed by atoms with van der Waals surface area (Å²) in [5.74, 6) is -0.266. The minimum atomic E-state index is -0.747. The van der Waals surface area contributed by atoms with Crippen LogP contribution in [0.25, 0.3) is 21.3 Å². The Balaban J connectivity index is 1.47. The van der Waals surface area contributed by atoms with Gasteiger partial charge in [-0.15, -0.1) is 11.3 Å². The molecule has 5 nitrogen and oxygen atoms in total. The van der Waals surface area contributed by atoms with Crippen molar-refractivity contribution in [1.82, 2.24) is 15.5 Å². The summed E-state index contributed by atoms with van der Waals surface area (Å²) in [6, 6.07) is 19.5. The van der Waals surface area contributed by atoms with E-state index in [4.69, 9.17) is 0 Å². The lowest BCUT2D eigenvalue weighted by Crippen LogP contribution is -2.28. The summed E-state index contributed by atoms with van der Waals surface area (Å²) >= 11 is 1.53. The van der Waals surface area contributed by atoms with E-state index in [-0.39, 0.29) is 12.5 Å². The van der Waals surface area contributed by atoms with E-state index < -0.39 is 6.10 Å². The predicted molar refractivity (Wildman–Crippen MR) is 103 cm³/mol. The van der Waals surface area contributed by atoms with Gasteiger partial charge in [0.2, 0.25) is 0 Å². The number of aromatic amines is 1. The van der Waals surface area contributed by atoms with Gasteiger partial charge in [-0.3, -0.25) is 9.89 Å². The van der Waals surface area contributed by atoms with Crippen LogP contribution in [0.4, 0.5) is 0 Å². The second-order valence-corrected chi connectivity index (χ2v) is 7.05. The van der Waals surface area contributed by atoms with E-state index in [0.29, 0.717) is 11.3 Å². The van der Waals surface area contributed by atoms with Gasteiger partial charge in [0.15, 0.2) is 0 Å². The minimum Gasteiger partial charge on any atom is -0.386 e. The molecule has 2 aromatic carbocycles. The molecule has 0 radical (unpaired) electrons. The molecule has 0 saturated heterocycles. The number of aliphatic hydroxyl groups excluding tert-OH is 1. The Morgan fingerprint density at radius 3 is 2.73 bits per heavy atom. The zero-order chi connectivity index (χ0) is 17.9. The van der Waals surface area contributed by atoms with Crippen LogP contribution in [0, 0.1) is 0 Å². The smallest absolute Gasteiger partial charge is 0.255 e. The fraction of sp³-hybridized carbons (Fsp3) is 0.100. The average molecular weight is 363 g/mol. The number of nitrogens with zero attached hydrogens (tertiary/aromatic N) is 1. The van der Waals surface area contributed by atoms with Crippen LogP contribution < -0.4 is 5.32 Å². The SMILES string of the molecule is O=C(NCC(O)c1cc2ccccc2s1)c1cn[nH]c1-c1ccccc1. The Morgan fingerprint density at radius 1 is 1.15 bits per heavy atom. The number of hydrogen-bond acceptors (Lipinski definition) is 4. The van der Waals surface area contributed by atoms with Crippen molar-refractivity contribution >= 4 is 27.3 Å². The topological polar surface area (TPSA) is 78.0 Å². The van der Waals surface area contributed by atoms with Crippen molar-refractivity contribution in [3.63, 3.8) is 0 Å². The first kappa shape index (κ1) is 16.5. The molecule has 1 unspecified atom stereocenters. The van der Waals surface area contributed by atoms with Crippen LogP contribution in [0.2, 0.25) is 0 Å². The Bertz CT molecular complexity index is 1010. The van der Waals surface area contributed by atoms with Crippen LogP contribution in [0.1, 0.15) is 21.3 Å². The summed E-state index contributed by atoms with van der Waals surface area (Å²) in [4.78, 5) is 13.4. The van der Waals surface area contributed by atoms with Crippen molar-refractivity contribution in [3.05, 3.63) is 77.3 Å². The standard InChI is InChI=1S/C20H17N3O2S/c24-16(18-10-14-8-4-5-9-17(14)26-18)12-21-20(25)15-11-22-23-19(15)13-6-2-1-3-7-13/h1-11,16,24H,12H2,(H,21,25)(H,22,23). The lowest BCUT2D eigenvalue weighted by Gasteiger charge is -2.10. The van der Waals surface area contributed by atoms with Gasteiger partial charge in [0, 0.05) is 21.7 Å². The van der Waals surface area contributed by atoms with Crippen LogP contribution in [0.15, 0.2) is 66.9 Å². The van der Waals surface area contributed by atoms with Gasteiger partial charge in [0.1, 0.15) is 6.10 Å². The summed E-state index contributed by atoms with van der Waals surface area (Å²) in [6.07, 6.45) is 0.757. The number of thiophene rings is 1. The first-order valence-corrected chi connectivity index (χ1v) is 9.07. The highest BCUT2D eigenvalue weighted by molar-refractivity contribution is 7.19. The largest absolute Gasteiger partial charge is 0.386 e. The summed E-state index contributed by atoms with van der Waals surface area (Å²) in [5, 5.41) is 21.2. The molecule has 130 valence electrons. The maximum absolute atomic E-state index is 12.5. The van der Waals surface area contributed by atoms with Crippen molar-refractivity contribution in [2.24, 2.45) is 0 Å². The maximum atomic E-state index is 12.5. The molecule has 4 rings (SSSR count). The molecule has 0 bridgehead atoms. The number of nitrogens with one attached hydrogen (secondary N) is 2. The van der Waals surface area contributed by atoms with Crippen LogP contribution in [0.3, 0.4) is 0 Å². The number of fused-ring (bicyclic) bond motifs is 1. The molecule has 26 heavy (non-hydrogen) atoms. The molecule has 0 saturated carbocycles. The number of benzene rings is 2. The molecule has 0 spiro atoms. The Morgan fingerprint density at radius 2 is 1.92 bits per heavy atom. The molecular formula is C20H17N3O2S. The number of hydrogen-bond donors (Lipinski definition) is 3. The van der Waals surface area contributed by atoms with E-state index in [9.17, 15) is 9.90 Å². The van der Waals surface area contributed by atoms with E-state index in [0.717, 1.165) is 20.5 Å². The van der Waals surface area contributed by atoms with E-state index in [2.05, 4.69) is 15.5 Å². The van der Waals surface area contributed by atoms with Crippen LogP contribution in [0.5, 0.6) is 0 Å². The zero-order valence-electron chi connectivity index (χ0n) is 13.8. The first-order valence-electron chi connectivity index (χ1n) is 8.26. The molecule has 6 heteroatoms. The molecular weight excluding hydrogens is 346 g/mol. The maximum Gasteiger partial charge on any atom is 0.255 e. The van der Waals surface area contributed by atoms with Crippen LogP contribution in [-0.4, -0.2) is 27.8 Å². The van der Waals surface area contributed by atoms with Gasteiger partial charge < -0.3 is 10.4 Å². The van der Waals surface area contributed by atoms with Gasteiger partial charge in [-0.2, -0.15) is 5.10 Å². The third-order valence-corrected chi connectivity index (χ3v) is 5.39. The van der Waals surface area contributed by atoms with Crippen molar-refractivity contribution in [3.8, 4) is 11.3 Å². The second-order valence-electron chi connectivity index (χ2n) is 5.94. The molecule has 1 amide bonds. The third kappa shape index (κ3) is 3.24. The average Bonchev–Trinajstić information content (AvgIpc) is 3.33. The molecule has 1 atom stereocenters. The molecule has 2 heterocycles. The van der Waals surface area contributed by atoms with Gasteiger partial charge in [-0.1, -0.05) is 48.5 Å². The fourth-order valence-corrected chi connectivity index (χ4v) is 3.89. The van der Waals surface area contributed by atoms with Crippen molar-refractivity contribution in [2.75, 3.05) is 6.54 Å². The van der Waals surface area contributed by atoms with E-state index >= 15 is 0 Å². The van der Waals surface area contributed by atoms with Gasteiger partial charge in [0.05, 0.1) is 17.5 Å². The van der Waals surface area contributed by atoms with Gasteiger partial charge in [-0.05, 0) is 17.5 Å². The van der Waals surface area contributed by atoms with Crippen molar-refractivity contribution in [2.45, 2.75) is 6.10 Å². The zero-order valence-corrected chi connectivity index (χ0v) is 14.7.